The number of morpholine rings is 1. The molecule has 0 spiro atoms. The van der Waals surface area contributed by atoms with Gasteiger partial charge in [0.05, 0.1) is 12.2 Å². The van der Waals surface area contributed by atoms with Crippen molar-refractivity contribution in [3.05, 3.63) is 0 Å². The van der Waals surface area contributed by atoms with Gasteiger partial charge in [0.2, 0.25) is 0 Å². The standard InChI is InChI=1S/C13H24N2O/c1-2-14-10-3-4-11(7-10)15-8-12-5-6-13(9-15)16-12/h10-14H,2-9H2,1H3. The van der Waals surface area contributed by atoms with Crippen molar-refractivity contribution in [2.24, 2.45) is 0 Å². The minimum atomic E-state index is 0.553. The fraction of sp³-hybridized carbons (Fsp3) is 1.00. The quantitative estimate of drug-likeness (QED) is 0.784. The lowest BCUT2D eigenvalue weighted by molar-refractivity contribution is -0.0520. The van der Waals surface area contributed by atoms with Crippen LogP contribution in [0.1, 0.15) is 39.0 Å². The van der Waals surface area contributed by atoms with Gasteiger partial charge in [-0.15, -0.1) is 0 Å². The van der Waals surface area contributed by atoms with Crippen molar-refractivity contribution in [3.8, 4) is 0 Å². The SMILES string of the molecule is CCNC1CCC(N2CC3CCC(C2)O3)C1. The average molecular weight is 224 g/mol. The largest absolute Gasteiger partial charge is 0.372 e. The minimum Gasteiger partial charge on any atom is -0.372 e. The Morgan fingerprint density at radius 1 is 1.12 bits per heavy atom. The monoisotopic (exact) mass is 224 g/mol. The summed E-state index contributed by atoms with van der Waals surface area (Å²) in [6.45, 7) is 5.72. The highest BCUT2D eigenvalue weighted by atomic mass is 16.5. The second-order valence-electron chi connectivity index (χ2n) is 5.63. The van der Waals surface area contributed by atoms with E-state index in [2.05, 4.69) is 17.1 Å². The van der Waals surface area contributed by atoms with Crippen LogP contribution in [0.25, 0.3) is 0 Å². The minimum absolute atomic E-state index is 0.553. The van der Waals surface area contributed by atoms with Gasteiger partial charge in [-0.25, -0.2) is 0 Å². The fourth-order valence-corrected chi connectivity index (χ4v) is 3.71. The van der Waals surface area contributed by atoms with Gasteiger partial charge in [0.1, 0.15) is 0 Å². The maximum atomic E-state index is 5.90. The zero-order valence-electron chi connectivity index (χ0n) is 10.3. The van der Waals surface area contributed by atoms with Gasteiger partial charge >= 0.3 is 0 Å². The molecule has 0 aromatic rings. The van der Waals surface area contributed by atoms with Crippen LogP contribution < -0.4 is 5.32 Å². The molecule has 0 radical (unpaired) electrons. The summed E-state index contributed by atoms with van der Waals surface area (Å²) in [6, 6.07) is 1.60. The van der Waals surface area contributed by atoms with Gasteiger partial charge in [-0.05, 0) is 38.6 Å². The molecule has 16 heavy (non-hydrogen) atoms. The summed E-state index contributed by atoms with van der Waals surface area (Å²) < 4.78 is 5.90. The van der Waals surface area contributed by atoms with Crippen LogP contribution in [0.4, 0.5) is 0 Å². The van der Waals surface area contributed by atoms with Crippen LogP contribution >= 0.6 is 0 Å². The highest BCUT2D eigenvalue weighted by Gasteiger charge is 2.38. The lowest BCUT2D eigenvalue weighted by Crippen LogP contribution is -2.47. The molecule has 2 aliphatic heterocycles. The molecule has 3 aliphatic rings. The highest BCUT2D eigenvalue weighted by Crippen LogP contribution is 2.32. The molecule has 92 valence electrons. The number of fused-ring (bicyclic) bond motifs is 2. The maximum absolute atomic E-state index is 5.90. The number of hydrogen-bond donors (Lipinski definition) is 1. The van der Waals surface area contributed by atoms with Crippen molar-refractivity contribution >= 4 is 0 Å². The topological polar surface area (TPSA) is 24.5 Å². The van der Waals surface area contributed by atoms with Gasteiger partial charge in [-0.3, -0.25) is 4.90 Å². The molecule has 3 fully saturated rings. The van der Waals surface area contributed by atoms with Crippen molar-refractivity contribution in [2.75, 3.05) is 19.6 Å². The number of hydrogen-bond acceptors (Lipinski definition) is 3. The first-order valence-electron chi connectivity index (χ1n) is 6.98. The second-order valence-corrected chi connectivity index (χ2v) is 5.63. The molecule has 2 bridgehead atoms. The van der Waals surface area contributed by atoms with Crippen molar-refractivity contribution in [2.45, 2.75) is 63.3 Å². The summed E-state index contributed by atoms with van der Waals surface area (Å²) in [5, 5.41) is 3.59. The van der Waals surface area contributed by atoms with Crippen LogP contribution in [0.5, 0.6) is 0 Å². The average Bonchev–Trinajstić information content (AvgIpc) is 2.87. The van der Waals surface area contributed by atoms with E-state index in [0.717, 1.165) is 18.6 Å². The van der Waals surface area contributed by atoms with E-state index < -0.39 is 0 Å². The predicted octanol–water partition coefficient (Wildman–Crippen LogP) is 1.38. The molecule has 0 aromatic heterocycles. The third-order valence-electron chi connectivity index (χ3n) is 4.49. The van der Waals surface area contributed by atoms with Crippen LogP contribution in [0.2, 0.25) is 0 Å². The highest BCUT2D eigenvalue weighted by molar-refractivity contribution is 4.92. The van der Waals surface area contributed by atoms with Gasteiger partial charge in [0, 0.05) is 25.2 Å². The van der Waals surface area contributed by atoms with Crippen LogP contribution in [-0.2, 0) is 4.74 Å². The Bertz CT molecular complexity index is 234. The molecule has 3 rings (SSSR count). The Labute approximate surface area is 98.5 Å². The second kappa shape index (κ2) is 4.63. The molecule has 4 unspecified atom stereocenters. The van der Waals surface area contributed by atoms with Gasteiger partial charge in [-0.2, -0.15) is 0 Å². The molecule has 1 saturated carbocycles. The zero-order valence-corrected chi connectivity index (χ0v) is 10.3. The summed E-state index contributed by atoms with van der Waals surface area (Å²) in [6.07, 6.45) is 7.80. The summed E-state index contributed by atoms with van der Waals surface area (Å²) in [7, 11) is 0. The molecule has 0 aromatic carbocycles. The van der Waals surface area contributed by atoms with Gasteiger partial charge in [0.15, 0.2) is 0 Å². The van der Waals surface area contributed by atoms with Crippen LogP contribution in [0.15, 0.2) is 0 Å². The van der Waals surface area contributed by atoms with Crippen molar-refractivity contribution in [1.29, 1.82) is 0 Å². The van der Waals surface area contributed by atoms with E-state index in [9.17, 15) is 0 Å². The van der Waals surface area contributed by atoms with Crippen LogP contribution in [0.3, 0.4) is 0 Å². The molecule has 3 nitrogen and oxygen atoms in total. The number of rotatable bonds is 3. The van der Waals surface area contributed by atoms with Crippen LogP contribution in [-0.4, -0.2) is 48.8 Å². The zero-order chi connectivity index (χ0) is 11.0. The van der Waals surface area contributed by atoms with E-state index in [1.54, 1.807) is 0 Å². The predicted molar refractivity (Wildman–Crippen MR) is 64.6 cm³/mol. The first-order valence-corrected chi connectivity index (χ1v) is 6.98. The third-order valence-corrected chi connectivity index (χ3v) is 4.49. The molecule has 4 atom stereocenters. The normalized spacial score (nSPS) is 44.1. The Balaban J connectivity index is 1.54. The number of nitrogens with one attached hydrogen (secondary N) is 1. The van der Waals surface area contributed by atoms with E-state index in [4.69, 9.17) is 4.74 Å². The van der Waals surface area contributed by atoms with Gasteiger partial charge in [0.25, 0.3) is 0 Å². The Kier molecular flexibility index (Phi) is 3.18. The lowest BCUT2D eigenvalue weighted by Gasteiger charge is -2.36. The van der Waals surface area contributed by atoms with E-state index >= 15 is 0 Å². The Morgan fingerprint density at radius 3 is 2.56 bits per heavy atom. The third kappa shape index (κ3) is 2.13. The van der Waals surface area contributed by atoms with Gasteiger partial charge < -0.3 is 10.1 Å². The maximum Gasteiger partial charge on any atom is 0.0707 e. The molecule has 2 saturated heterocycles. The smallest absolute Gasteiger partial charge is 0.0707 e. The molecular formula is C13H24N2O. The summed E-state index contributed by atoms with van der Waals surface area (Å²) in [4.78, 5) is 2.71. The van der Waals surface area contributed by atoms with Crippen LogP contribution in [0, 0.1) is 0 Å². The summed E-state index contributed by atoms with van der Waals surface area (Å²) in [5.74, 6) is 0. The van der Waals surface area contributed by atoms with E-state index in [0.29, 0.717) is 12.2 Å². The Hall–Kier alpha value is -0.120. The van der Waals surface area contributed by atoms with Crippen molar-refractivity contribution < 1.29 is 4.74 Å². The van der Waals surface area contributed by atoms with Crippen molar-refractivity contribution in [3.63, 3.8) is 0 Å². The summed E-state index contributed by atoms with van der Waals surface area (Å²) in [5.41, 5.74) is 0. The molecule has 0 amide bonds. The number of likely N-dealkylation sites (tertiary alicyclic amines) is 1. The Morgan fingerprint density at radius 2 is 1.88 bits per heavy atom. The fourth-order valence-electron chi connectivity index (χ4n) is 3.71. The first-order chi connectivity index (χ1) is 7.85. The number of ether oxygens (including phenoxy) is 1. The van der Waals surface area contributed by atoms with E-state index in [1.165, 1.54) is 45.2 Å². The van der Waals surface area contributed by atoms with E-state index in [1.807, 2.05) is 0 Å². The lowest BCUT2D eigenvalue weighted by atomic mass is 10.1. The molecule has 1 N–H and O–H groups in total. The van der Waals surface area contributed by atoms with E-state index in [-0.39, 0.29) is 0 Å². The van der Waals surface area contributed by atoms with Gasteiger partial charge in [-0.1, -0.05) is 6.92 Å². The summed E-state index contributed by atoms with van der Waals surface area (Å²) >= 11 is 0. The van der Waals surface area contributed by atoms with Crippen molar-refractivity contribution in [1.82, 2.24) is 10.2 Å². The molecular weight excluding hydrogens is 200 g/mol. The number of nitrogens with zero attached hydrogens (tertiary/aromatic N) is 1. The molecule has 3 heteroatoms. The first kappa shape index (κ1) is 11.0. The molecule has 2 heterocycles. The molecule has 1 aliphatic carbocycles.